The van der Waals surface area contributed by atoms with E-state index in [2.05, 4.69) is 55.4 Å². The first-order valence-electron chi connectivity index (χ1n) is 9.51. The van der Waals surface area contributed by atoms with E-state index in [1.54, 1.807) is 33.4 Å². The van der Waals surface area contributed by atoms with Crippen molar-refractivity contribution >= 4 is 0 Å². The fraction of sp³-hybridized carbons (Fsp3) is 0.636. The summed E-state index contributed by atoms with van der Waals surface area (Å²) in [5.41, 5.74) is 10.1. The quantitative estimate of drug-likeness (QED) is 0.558. The van der Waals surface area contributed by atoms with Gasteiger partial charge in [-0.3, -0.25) is 0 Å². The molecule has 2 aliphatic carbocycles. The van der Waals surface area contributed by atoms with Crippen LogP contribution in [-0.4, -0.2) is 0 Å². The molecule has 0 fully saturated rings. The number of hydrogen-bond donors (Lipinski definition) is 0. The minimum atomic E-state index is -0.665. The maximum atomic E-state index is 2.39. The van der Waals surface area contributed by atoms with Gasteiger partial charge >= 0.3 is 156 Å². The van der Waals surface area contributed by atoms with Gasteiger partial charge in [-0.1, -0.05) is 0 Å². The summed E-state index contributed by atoms with van der Waals surface area (Å²) in [6, 6.07) is 0. The summed E-state index contributed by atoms with van der Waals surface area (Å²) in [7, 11) is 0. The zero-order chi connectivity index (χ0) is 17.3. The van der Waals surface area contributed by atoms with Crippen molar-refractivity contribution in [3.8, 4) is 0 Å². The van der Waals surface area contributed by atoms with Crippen LogP contribution in [0.15, 0.2) is 40.0 Å². The van der Waals surface area contributed by atoms with Crippen LogP contribution in [0.25, 0.3) is 0 Å². The van der Waals surface area contributed by atoms with Crippen LogP contribution in [0.1, 0.15) is 81.1 Å². The van der Waals surface area contributed by atoms with Gasteiger partial charge in [-0.2, -0.15) is 0 Å². The van der Waals surface area contributed by atoms with Gasteiger partial charge in [0.25, 0.3) is 0 Å². The van der Waals surface area contributed by atoms with Gasteiger partial charge in [0.05, 0.1) is 0 Å². The molecule has 2 aliphatic rings. The normalized spacial score (nSPS) is 23.2. The van der Waals surface area contributed by atoms with Crippen LogP contribution < -0.4 is 24.8 Å². The fourth-order valence-electron chi connectivity index (χ4n) is 4.66. The second-order valence-electron chi connectivity index (χ2n) is 7.15. The molecule has 0 radical (unpaired) electrons. The number of rotatable bonds is 6. The van der Waals surface area contributed by atoms with E-state index in [0.717, 1.165) is 11.8 Å². The smallest absolute Gasteiger partial charge is 1.00 e. The van der Waals surface area contributed by atoms with Gasteiger partial charge in [-0.25, -0.2) is 0 Å². The second kappa shape index (κ2) is 10.7. The molecule has 0 bridgehead atoms. The van der Waals surface area contributed by atoms with Crippen LogP contribution >= 0.6 is 0 Å². The Morgan fingerprint density at radius 2 is 0.960 bits per heavy atom. The first kappa shape index (κ1) is 25.4. The summed E-state index contributed by atoms with van der Waals surface area (Å²) < 4.78 is 3.82. The summed E-state index contributed by atoms with van der Waals surface area (Å²) in [5.74, 6) is 1.53. The molecule has 0 saturated heterocycles. The molecule has 0 spiro atoms. The molecule has 0 nitrogen and oxygen atoms in total. The van der Waals surface area contributed by atoms with Crippen molar-refractivity contribution in [2.75, 3.05) is 0 Å². The van der Waals surface area contributed by atoms with Crippen molar-refractivity contribution in [1.29, 1.82) is 0 Å². The average molecular weight is 461 g/mol. The van der Waals surface area contributed by atoms with Crippen molar-refractivity contribution in [3.05, 3.63) is 40.0 Å². The van der Waals surface area contributed by atoms with E-state index < -0.39 is 23.2 Å². The zero-order valence-electron chi connectivity index (χ0n) is 17.2. The van der Waals surface area contributed by atoms with E-state index in [-0.39, 0.29) is 24.8 Å². The summed E-state index contributed by atoms with van der Waals surface area (Å²) in [6.07, 6.45) is 5.04. The van der Waals surface area contributed by atoms with E-state index in [1.807, 2.05) is 6.56 Å². The van der Waals surface area contributed by atoms with E-state index in [4.69, 9.17) is 0 Å². The Morgan fingerprint density at radius 3 is 1.20 bits per heavy atom. The van der Waals surface area contributed by atoms with Crippen molar-refractivity contribution in [2.24, 2.45) is 11.8 Å². The van der Waals surface area contributed by atoms with Crippen LogP contribution in [0.4, 0.5) is 0 Å². The third-order valence-corrected chi connectivity index (χ3v) is 10.8. The Kier molecular flexibility index (Phi) is 10.9. The van der Waals surface area contributed by atoms with Crippen molar-refractivity contribution in [1.82, 2.24) is 0 Å². The molecule has 0 aromatic heterocycles. The fourth-order valence-corrected chi connectivity index (χ4v) is 10.8. The van der Waals surface area contributed by atoms with E-state index in [9.17, 15) is 0 Å². The molecule has 25 heavy (non-hydrogen) atoms. The van der Waals surface area contributed by atoms with Gasteiger partial charge < -0.3 is 24.8 Å². The van der Waals surface area contributed by atoms with Gasteiger partial charge in [-0.15, -0.1) is 0 Å². The summed E-state index contributed by atoms with van der Waals surface area (Å²) in [6.45, 7) is 19.0. The number of halogens is 2. The minimum Gasteiger partial charge on any atom is -1.00 e. The molecular weight excluding hydrogens is 426 g/mol. The van der Waals surface area contributed by atoms with Gasteiger partial charge in [0.2, 0.25) is 0 Å². The summed E-state index contributed by atoms with van der Waals surface area (Å²) in [5, 5.41) is 0. The SMILES string of the molecule is CCC1=[C]([Zr+2][C]2=C(CC)C(C)=C(C)C2CC)C(CC)C(C)=C1C.[Cl-].[Cl-]. The molecule has 140 valence electrons. The Balaban J connectivity index is 0.00000288. The van der Waals surface area contributed by atoms with Crippen LogP contribution in [-0.2, 0) is 23.2 Å². The third kappa shape index (κ3) is 4.47. The molecule has 0 aliphatic heterocycles. The Hall–Kier alpha value is 0.423. The molecule has 2 atom stereocenters. The van der Waals surface area contributed by atoms with E-state index >= 15 is 0 Å². The molecule has 0 heterocycles. The van der Waals surface area contributed by atoms with Crippen molar-refractivity contribution in [2.45, 2.75) is 81.1 Å². The Labute approximate surface area is 180 Å². The largest absolute Gasteiger partial charge is 1.00 e. The topological polar surface area (TPSA) is 0 Å². The number of hydrogen-bond acceptors (Lipinski definition) is 0. The second-order valence-corrected chi connectivity index (χ2v) is 10.4. The Morgan fingerprint density at radius 1 is 0.640 bits per heavy atom. The van der Waals surface area contributed by atoms with Crippen LogP contribution in [0, 0.1) is 11.8 Å². The van der Waals surface area contributed by atoms with Gasteiger partial charge in [0, 0.05) is 0 Å². The monoisotopic (exact) mass is 458 g/mol. The molecule has 0 amide bonds. The molecule has 3 heteroatoms. The number of allylic oxidation sites excluding steroid dienone is 8. The molecule has 0 aromatic carbocycles. The predicted octanol–water partition coefficient (Wildman–Crippen LogP) is 1.16. The maximum Gasteiger partial charge on any atom is -1.00 e. The third-order valence-electron chi connectivity index (χ3n) is 6.27. The molecule has 0 saturated carbocycles. The van der Waals surface area contributed by atoms with Crippen molar-refractivity contribution in [3.63, 3.8) is 0 Å². The standard InChI is InChI=1S/2C11H17.2ClH.Zr/c2*1-5-10-7-11(6-2)9(4)8(10)3;;;/h2*10H,5-6H2,1-4H3;2*1H;/q;;;;+2/p-2. The molecule has 0 aromatic rings. The Bertz CT molecular complexity index is 566. The summed E-state index contributed by atoms with van der Waals surface area (Å²) in [4.78, 5) is 0. The van der Waals surface area contributed by atoms with Gasteiger partial charge in [-0.05, 0) is 0 Å². The van der Waals surface area contributed by atoms with Crippen LogP contribution in [0.2, 0.25) is 0 Å². The van der Waals surface area contributed by atoms with E-state index in [0.29, 0.717) is 0 Å². The van der Waals surface area contributed by atoms with Crippen LogP contribution in [0.5, 0.6) is 0 Å². The molecular formula is C22H34Cl2Zr. The average Bonchev–Trinajstić information content (AvgIpc) is 2.91. The zero-order valence-corrected chi connectivity index (χ0v) is 21.2. The molecule has 2 rings (SSSR count). The summed E-state index contributed by atoms with van der Waals surface area (Å²) >= 11 is -0.665. The minimum absolute atomic E-state index is 0. The molecule has 2 unspecified atom stereocenters. The first-order chi connectivity index (χ1) is 10.9. The van der Waals surface area contributed by atoms with Gasteiger partial charge in [0.15, 0.2) is 0 Å². The van der Waals surface area contributed by atoms with Crippen molar-refractivity contribution < 1.29 is 48.0 Å². The van der Waals surface area contributed by atoms with Gasteiger partial charge in [0.1, 0.15) is 0 Å². The molecule has 0 N–H and O–H groups in total. The maximum absolute atomic E-state index is 2.39. The van der Waals surface area contributed by atoms with Crippen LogP contribution in [0.3, 0.4) is 0 Å². The van der Waals surface area contributed by atoms with E-state index in [1.165, 1.54) is 25.7 Å². The predicted molar refractivity (Wildman–Crippen MR) is 98.9 cm³/mol. The first-order valence-corrected chi connectivity index (χ1v) is 12.0.